The van der Waals surface area contributed by atoms with E-state index >= 15 is 0 Å². The van der Waals surface area contributed by atoms with Crippen LogP contribution in [0.4, 0.5) is 0 Å². The van der Waals surface area contributed by atoms with E-state index in [9.17, 15) is 4.79 Å². The molecule has 0 aliphatic carbocycles. The van der Waals surface area contributed by atoms with Crippen LogP contribution in [0.25, 0.3) is 6.08 Å². The fourth-order valence-corrected chi connectivity index (χ4v) is 0.869. The maximum absolute atomic E-state index is 10.6. The lowest BCUT2D eigenvalue weighted by molar-refractivity contribution is -0.132. The number of aliphatic carboxylic acids is 1. The standard InChI is InChI=1S/C9H10N2O2/c10-6-8(9(12)13)5-7-1-3-11-4-2-7/h1-5H,6,10H2,(H,12,13)/b8-5-. The van der Waals surface area contributed by atoms with Gasteiger partial charge in [0.2, 0.25) is 0 Å². The first kappa shape index (κ1) is 9.41. The summed E-state index contributed by atoms with van der Waals surface area (Å²) in [7, 11) is 0. The molecule has 0 unspecified atom stereocenters. The Balaban J connectivity index is 2.92. The van der Waals surface area contributed by atoms with Crippen molar-refractivity contribution in [3.05, 3.63) is 35.7 Å². The lowest BCUT2D eigenvalue weighted by atomic mass is 10.1. The molecule has 0 fully saturated rings. The quantitative estimate of drug-likeness (QED) is 0.661. The average Bonchev–Trinajstić information content (AvgIpc) is 2.15. The molecule has 0 saturated heterocycles. The number of hydrogen-bond acceptors (Lipinski definition) is 3. The fourth-order valence-electron chi connectivity index (χ4n) is 0.869. The predicted molar refractivity (Wildman–Crippen MR) is 48.9 cm³/mol. The van der Waals surface area contributed by atoms with Crippen molar-refractivity contribution in [3.63, 3.8) is 0 Å². The SMILES string of the molecule is NC/C(=C/c1ccncc1)C(=O)O. The highest BCUT2D eigenvalue weighted by molar-refractivity contribution is 5.92. The van der Waals surface area contributed by atoms with Gasteiger partial charge in [0.25, 0.3) is 0 Å². The zero-order valence-electron chi connectivity index (χ0n) is 6.97. The Morgan fingerprint density at radius 3 is 2.62 bits per heavy atom. The number of nitrogens with zero attached hydrogens (tertiary/aromatic N) is 1. The highest BCUT2D eigenvalue weighted by Crippen LogP contribution is 2.04. The van der Waals surface area contributed by atoms with E-state index in [1.54, 1.807) is 24.5 Å². The molecule has 1 heterocycles. The maximum atomic E-state index is 10.6. The van der Waals surface area contributed by atoms with E-state index < -0.39 is 5.97 Å². The van der Waals surface area contributed by atoms with Crippen LogP contribution in [0.2, 0.25) is 0 Å². The van der Waals surface area contributed by atoms with Gasteiger partial charge in [0.15, 0.2) is 0 Å². The summed E-state index contributed by atoms with van der Waals surface area (Å²) >= 11 is 0. The first-order valence-electron chi connectivity index (χ1n) is 3.78. The molecule has 0 bridgehead atoms. The molecule has 4 heteroatoms. The van der Waals surface area contributed by atoms with Crippen molar-refractivity contribution in [2.24, 2.45) is 5.73 Å². The van der Waals surface area contributed by atoms with Gasteiger partial charge in [0.05, 0.1) is 5.57 Å². The molecule has 0 spiro atoms. The molecule has 4 nitrogen and oxygen atoms in total. The number of rotatable bonds is 3. The summed E-state index contributed by atoms with van der Waals surface area (Å²) in [6, 6.07) is 3.44. The van der Waals surface area contributed by atoms with Gasteiger partial charge in [-0.05, 0) is 23.8 Å². The Hall–Kier alpha value is -1.68. The Morgan fingerprint density at radius 1 is 1.54 bits per heavy atom. The maximum Gasteiger partial charge on any atom is 0.332 e. The van der Waals surface area contributed by atoms with Crippen molar-refractivity contribution >= 4 is 12.0 Å². The van der Waals surface area contributed by atoms with Crippen LogP contribution in [-0.4, -0.2) is 22.6 Å². The van der Waals surface area contributed by atoms with Crippen LogP contribution in [0.5, 0.6) is 0 Å². The van der Waals surface area contributed by atoms with E-state index in [4.69, 9.17) is 10.8 Å². The number of carboxylic acid groups (broad SMARTS) is 1. The molecule has 1 rings (SSSR count). The van der Waals surface area contributed by atoms with Crippen molar-refractivity contribution in [2.45, 2.75) is 0 Å². The van der Waals surface area contributed by atoms with E-state index in [1.807, 2.05) is 0 Å². The summed E-state index contributed by atoms with van der Waals surface area (Å²) in [4.78, 5) is 14.4. The van der Waals surface area contributed by atoms with E-state index in [2.05, 4.69) is 4.98 Å². The molecular weight excluding hydrogens is 168 g/mol. The second kappa shape index (κ2) is 4.37. The molecule has 0 aliphatic heterocycles. The summed E-state index contributed by atoms with van der Waals surface area (Å²) in [5.74, 6) is -0.987. The summed E-state index contributed by atoms with van der Waals surface area (Å²) < 4.78 is 0. The van der Waals surface area contributed by atoms with Crippen LogP contribution < -0.4 is 5.73 Å². The van der Waals surface area contributed by atoms with Gasteiger partial charge < -0.3 is 10.8 Å². The lowest BCUT2D eigenvalue weighted by Gasteiger charge is -1.97. The minimum absolute atomic E-state index is 0.0255. The van der Waals surface area contributed by atoms with E-state index in [0.717, 1.165) is 5.56 Å². The number of nitrogens with two attached hydrogens (primary N) is 1. The van der Waals surface area contributed by atoms with Gasteiger partial charge in [-0.25, -0.2) is 4.79 Å². The topological polar surface area (TPSA) is 76.2 Å². The number of hydrogen-bond donors (Lipinski definition) is 2. The third kappa shape index (κ3) is 2.68. The van der Waals surface area contributed by atoms with Crippen LogP contribution in [-0.2, 0) is 4.79 Å². The molecule has 3 N–H and O–H groups in total. The minimum Gasteiger partial charge on any atom is -0.478 e. The van der Waals surface area contributed by atoms with Crippen LogP contribution in [0.1, 0.15) is 5.56 Å². The average molecular weight is 178 g/mol. The van der Waals surface area contributed by atoms with Crippen LogP contribution >= 0.6 is 0 Å². The van der Waals surface area contributed by atoms with Crippen molar-refractivity contribution in [1.29, 1.82) is 0 Å². The fraction of sp³-hybridized carbons (Fsp3) is 0.111. The van der Waals surface area contributed by atoms with Gasteiger partial charge >= 0.3 is 5.97 Å². The molecule has 68 valence electrons. The van der Waals surface area contributed by atoms with Crippen molar-refractivity contribution in [1.82, 2.24) is 4.98 Å². The van der Waals surface area contributed by atoms with Gasteiger partial charge in [0, 0.05) is 18.9 Å². The van der Waals surface area contributed by atoms with E-state index in [0.29, 0.717) is 0 Å². The highest BCUT2D eigenvalue weighted by atomic mass is 16.4. The zero-order valence-corrected chi connectivity index (χ0v) is 6.97. The first-order chi connectivity index (χ1) is 6.24. The van der Waals surface area contributed by atoms with Crippen LogP contribution in [0.15, 0.2) is 30.1 Å². The third-order valence-electron chi connectivity index (χ3n) is 1.54. The van der Waals surface area contributed by atoms with Gasteiger partial charge in [-0.15, -0.1) is 0 Å². The Morgan fingerprint density at radius 2 is 2.15 bits per heavy atom. The molecule has 13 heavy (non-hydrogen) atoms. The molecule has 1 aromatic rings. The number of aromatic nitrogens is 1. The van der Waals surface area contributed by atoms with E-state index in [-0.39, 0.29) is 12.1 Å². The normalized spacial score (nSPS) is 11.3. The third-order valence-corrected chi connectivity index (χ3v) is 1.54. The lowest BCUT2D eigenvalue weighted by Crippen LogP contribution is -2.11. The van der Waals surface area contributed by atoms with Gasteiger partial charge in [-0.3, -0.25) is 4.98 Å². The van der Waals surface area contributed by atoms with Gasteiger partial charge in [-0.2, -0.15) is 0 Å². The molecule has 0 amide bonds. The Bertz CT molecular complexity index is 320. The zero-order chi connectivity index (χ0) is 9.68. The predicted octanol–water partition coefficient (Wildman–Crippen LogP) is 0.508. The minimum atomic E-state index is -0.987. The molecule has 0 radical (unpaired) electrons. The summed E-state index contributed by atoms with van der Waals surface area (Å²) in [6.45, 7) is 0.0255. The highest BCUT2D eigenvalue weighted by Gasteiger charge is 2.03. The largest absolute Gasteiger partial charge is 0.478 e. The summed E-state index contributed by atoms with van der Waals surface area (Å²) in [6.07, 6.45) is 4.73. The van der Waals surface area contributed by atoms with Crippen molar-refractivity contribution in [2.75, 3.05) is 6.54 Å². The van der Waals surface area contributed by atoms with Gasteiger partial charge in [-0.1, -0.05) is 0 Å². The molecule has 0 saturated carbocycles. The Labute approximate surface area is 75.7 Å². The second-order valence-electron chi connectivity index (χ2n) is 2.46. The molecular formula is C9H10N2O2. The first-order valence-corrected chi connectivity index (χ1v) is 3.78. The van der Waals surface area contributed by atoms with Crippen LogP contribution in [0, 0.1) is 0 Å². The van der Waals surface area contributed by atoms with Gasteiger partial charge in [0.1, 0.15) is 0 Å². The van der Waals surface area contributed by atoms with Crippen LogP contribution in [0.3, 0.4) is 0 Å². The molecule has 0 aromatic carbocycles. The number of carbonyl (C=O) groups is 1. The smallest absolute Gasteiger partial charge is 0.332 e. The molecule has 0 aliphatic rings. The second-order valence-corrected chi connectivity index (χ2v) is 2.46. The Kier molecular flexibility index (Phi) is 3.16. The van der Waals surface area contributed by atoms with Crippen molar-refractivity contribution < 1.29 is 9.90 Å². The molecule has 0 atom stereocenters. The summed E-state index contributed by atoms with van der Waals surface area (Å²) in [5.41, 5.74) is 6.23. The number of carboxylic acids is 1. The monoisotopic (exact) mass is 178 g/mol. The molecule has 1 aromatic heterocycles. The summed E-state index contributed by atoms with van der Waals surface area (Å²) in [5, 5.41) is 8.67. The van der Waals surface area contributed by atoms with Crippen molar-refractivity contribution in [3.8, 4) is 0 Å². The van der Waals surface area contributed by atoms with E-state index in [1.165, 1.54) is 6.08 Å². The number of pyridine rings is 1.